The molecule has 1 atom stereocenters. The normalized spacial score (nSPS) is 12.1. The molecule has 5 heteroatoms. The van der Waals surface area contributed by atoms with Gasteiger partial charge in [0.1, 0.15) is 11.6 Å². The van der Waals surface area contributed by atoms with Crippen LogP contribution in [0.3, 0.4) is 0 Å². The molecule has 114 valence electrons. The predicted octanol–water partition coefficient (Wildman–Crippen LogP) is 3.11. The van der Waals surface area contributed by atoms with Gasteiger partial charge in [-0.1, -0.05) is 43.3 Å². The van der Waals surface area contributed by atoms with E-state index in [0.717, 1.165) is 5.56 Å². The molecule has 22 heavy (non-hydrogen) atoms. The quantitative estimate of drug-likeness (QED) is 0.658. The molecule has 0 saturated carbocycles. The molecular weight excluding hydrogens is 283 g/mol. The Kier molecular flexibility index (Phi) is 5.65. The summed E-state index contributed by atoms with van der Waals surface area (Å²) in [6, 6.07) is 15.4. The molecule has 0 heterocycles. The van der Waals surface area contributed by atoms with E-state index in [1.54, 1.807) is 12.3 Å². The van der Waals surface area contributed by atoms with Crippen molar-refractivity contribution in [3.05, 3.63) is 66.0 Å². The van der Waals surface area contributed by atoms with Gasteiger partial charge in [0, 0.05) is 18.2 Å². The number of amides is 1. The van der Waals surface area contributed by atoms with Crippen molar-refractivity contribution >= 4 is 12.1 Å². The van der Waals surface area contributed by atoms with Crippen molar-refractivity contribution in [3.63, 3.8) is 0 Å². The lowest BCUT2D eigenvalue weighted by Gasteiger charge is -2.06. The van der Waals surface area contributed by atoms with Gasteiger partial charge in [-0.25, -0.2) is 9.82 Å². The Morgan fingerprint density at radius 2 is 2.05 bits per heavy atom. The third-order valence-electron chi connectivity index (χ3n) is 2.98. The number of nitrogens with zero attached hydrogens (tertiary/aromatic N) is 1. The van der Waals surface area contributed by atoms with Gasteiger partial charge in [-0.15, -0.1) is 0 Å². The van der Waals surface area contributed by atoms with E-state index >= 15 is 0 Å². The van der Waals surface area contributed by atoms with Crippen molar-refractivity contribution in [2.75, 3.05) is 6.61 Å². The van der Waals surface area contributed by atoms with Gasteiger partial charge in [0.15, 0.2) is 6.61 Å². The van der Waals surface area contributed by atoms with E-state index in [1.807, 2.05) is 37.3 Å². The van der Waals surface area contributed by atoms with Crippen LogP contribution in [0.15, 0.2) is 59.7 Å². The van der Waals surface area contributed by atoms with Crippen LogP contribution in [0.5, 0.6) is 5.75 Å². The van der Waals surface area contributed by atoms with Crippen molar-refractivity contribution in [1.82, 2.24) is 5.43 Å². The maximum absolute atomic E-state index is 12.9. The Labute approximate surface area is 128 Å². The molecule has 0 aliphatic heterocycles. The van der Waals surface area contributed by atoms with E-state index in [-0.39, 0.29) is 12.5 Å². The van der Waals surface area contributed by atoms with E-state index < -0.39 is 11.7 Å². The first-order valence-corrected chi connectivity index (χ1v) is 6.90. The maximum Gasteiger partial charge on any atom is 0.277 e. The summed E-state index contributed by atoms with van der Waals surface area (Å²) >= 11 is 0. The molecule has 0 fully saturated rings. The lowest BCUT2D eigenvalue weighted by atomic mass is 10.0. The van der Waals surface area contributed by atoms with Crippen LogP contribution in [0.2, 0.25) is 0 Å². The molecule has 0 bridgehead atoms. The summed E-state index contributed by atoms with van der Waals surface area (Å²) in [5, 5.41) is 3.90. The average molecular weight is 300 g/mol. The van der Waals surface area contributed by atoms with Crippen molar-refractivity contribution < 1.29 is 13.9 Å². The highest BCUT2D eigenvalue weighted by Gasteiger charge is 2.03. The molecule has 2 aromatic rings. The molecule has 0 spiro atoms. The smallest absolute Gasteiger partial charge is 0.277 e. The van der Waals surface area contributed by atoms with Crippen LogP contribution in [0.4, 0.5) is 4.39 Å². The molecule has 1 amide bonds. The minimum atomic E-state index is -0.410. The summed E-state index contributed by atoms with van der Waals surface area (Å²) in [7, 11) is 0. The molecule has 0 radical (unpaired) electrons. The van der Waals surface area contributed by atoms with Gasteiger partial charge in [-0.3, -0.25) is 4.79 Å². The Balaban J connectivity index is 1.77. The zero-order valence-electron chi connectivity index (χ0n) is 12.2. The zero-order chi connectivity index (χ0) is 15.8. The molecule has 0 aliphatic carbocycles. The summed E-state index contributed by atoms with van der Waals surface area (Å²) in [5.74, 6) is -0.421. The summed E-state index contributed by atoms with van der Waals surface area (Å²) < 4.78 is 18.1. The fourth-order valence-corrected chi connectivity index (χ4v) is 1.80. The number of halogens is 1. The SMILES string of the molecule is C[C@H](/C=N\NC(=O)COc1cccc(F)c1)c1ccccc1. The van der Waals surface area contributed by atoms with Crippen molar-refractivity contribution in [2.24, 2.45) is 5.10 Å². The van der Waals surface area contributed by atoms with E-state index in [9.17, 15) is 9.18 Å². The van der Waals surface area contributed by atoms with Crippen LogP contribution in [-0.2, 0) is 4.79 Å². The first-order chi connectivity index (χ1) is 10.6. The first kappa shape index (κ1) is 15.7. The number of carbonyl (C=O) groups is 1. The lowest BCUT2D eigenvalue weighted by molar-refractivity contribution is -0.123. The fourth-order valence-electron chi connectivity index (χ4n) is 1.80. The molecule has 2 rings (SSSR count). The molecule has 0 aromatic heterocycles. The van der Waals surface area contributed by atoms with Gasteiger partial charge in [-0.2, -0.15) is 5.10 Å². The van der Waals surface area contributed by atoms with Gasteiger partial charge < -0.3 is 4.74 Å². The lowest BCUT2D eigenvalue weighted by Crippen LogP contribution is -2.24. The Bertz CT molecular complexity index is 644. The summed E-state index contributed by atoms with van der Waals surface area (Å²) in [5.41, 5.74) is 3.49. The molecule has 1 N–H and O–H groups in total. The van der Waals surface area contributed by atoms with Crippen molar-refractivity contribution in [1.29, 1.82) is 0 Å². The summed E-state index contributed by atoms with van der Waals surface area (Å²) in [4.78, 5) is 11.6. The Hall–Kier alpha value is -2.69. The minimum absolute atomic E-state index is 0.0886. The molecule has 4 nitrogen and oxygen atoms in total. The second-order valence-electron chi connectivity index (χ2n) is 4.76. The highest BCUT2D eigenvalue weighted by atomic mass is 19.1. The molecule has 0 aliphatic rings. The number of ether oxygens (including phenoxy) is 1. The highest BCUT2D eigenvalue weighted by Crippen LogP contribution is 2.12. The standard InChI is InChI=1S/C17H17FN2O2/c1-13(14-6-3-2-4-7-14)11-19-20-17(21)12-22-16-9-5-8-15(18)10-16/h2-11,13H,12H2,1H3,(H,20,21)/b19-11-/t13-/m1/s1. The molecule has 0 saturated heterocycles. The number of nitrogens with one attached hydrogen (secondary N) is 1. The molecule has 2 aromatic carbocycles. The van der Waals surface area contributed by atoms with Crippen molar-refractivity contribution in [3.8, 4) is 5.75 Å². The average Bonchev–Trinajstić information content (AvgIpc) is 2.54. The van der Waals surface area contributed by atoms with Gasteiger partial charge in [-0.05, 0) is 17.7 Å². The number of carbonyl (C=O) groups excluding carboxylic acids is 1. The second kappa shape index (κ2) is 7.93. The zero-order valence-corrected chi connectivity index (χ0v) is 12.2. The highest BCUT2D eigenvalue weighted by molar-refractivity contribution is 5.78. The number of hydrogen-bond acceptors (Lipinski definition) is 3. The van der Waals surface area contributed by atoms with E-state index in [1.165, 1.54) is 18.2 Å². The number of benzene rings is 2. The van der Waals surface area contributed by atoms with Crippen LogP contribution in [0.1, 0.15) is 18.4 Å². The van der Waals surface area contributed by atoms with Gasteiger partial charge in [0.05, 0.1) is 0 Å². The molecular formula is C17H17FN2O2. The largest absolute Gasteiger partial charge is 0.484 e. The van der Waals surface area contributed by atoms with Gasteiger partial charge in [0.2, 0.25) is 0 Å². The maximum atomic E-state index is 12.9. The van der Waals surface area contributed by atoms with Crippen LogP contribution in [-0.4, -0.2) is 18.7 Å². The summed E-state index contributed by atoms with van der Waals surface area (Å²) in [6.07, 6.45) is 1.65. The minimum Gasteiger partial charge on any atom is -0.484 e. The Morgan fingerprint density at radius 3 is 2.77 bits per heavy atom. The van der Waals surface area contributed by atoms with E-state index in [2.05, 4.69) is 10.5 Å². The van der Waals surface area contributed by atoms with Gasteiger partial charge in [0.25, 0.3) is 5.91 Å². The van der Waals surface area contributed by atoms with Crippen LogP contribution >= 0.6 is 0 Å². The number of rotatable bonds is 6. The molecule has 0 unspecified atom stereocenters. The monoisotopic (exact) mass is 300 g/mol. The van der Waals surface area contributed by atoms with Gasteiger partial charge >= 0.3 is 0 Å². The van der Waals surface area contributed by atoms with E-state index in [0.29, 0.717) is 5.75 Å². The topological polar surface area (TPSA) is 50.7 Å². The first-order valence-electron chi connectivity index (χ1n) is 6.90. The van der Waals surface area contributed by atoms with E-state index in [4.69, 9.17) is 4.74 Å². The predicted molar refractivity (Wildman–Crippen MR) is 83.4 cm³/mol. The number of hydrogen-bond donors (Lipinski definition) is 1. The van der Waals surface area contributed by atoms with Crippen molar-refractivity contribution in [2.45, 2.75) is 12.8 Å². The second-order valence-corrected chi connectivity index (χ2v) is 4.76. The third-order valence-corrected chi connectivity index (χ3v) is 2.98. The third kappa shape index (κ3) is 5.01. The summed E-state index contributed by atoms with van der Waals surface area (Å²) in [6.45, 7) is 1.76. The van der Waals surface area contributed by atoms with Crippen LogP contribution in [0, 0.1) is 5.82 Å². The fraction of sp³-hybridized carbons (Fsp3) is 0.176. The van der Waals surface area contributed by atoms with Crippen LogP contribution in [0.25, 0.3) is 0 Å². The number of hydrazone groups is 1. The Morgan fingerprint density at radius 1 is 1.27 bits per heavy atom. The van der Waals surface area contributed by atoms with Crippen LogP contribution < -0.4 is 10.2 Å².